The molecule has 0 aliphatic heterocycles. The minimum absolute atomic E-state index is 0.0281. The lowest BCUT2D eigenvalue weighted by molar-refractivity contribution is -0.119. The van der Waals surface area contributed by atoms with E-state index in [1.807, 2.05) is 30.3 Å². The van der Waals surface area contributed by atoms with Crippen LogP contribution >= 0.6 is 11.6 Å². The number of nitrogens with two attached hydrogens (primary N) is 1. The number of halogens is 2. The lowest BCUT2D eigenvalue weighted by Gasteiger charge is -2.18. The molecule has 2 saturated carbocycles. The van der Waals surface area contributed by atoms with Crippen LogP contribution in [0.25, 0.3) is 0 Å². The SMILES string of the molecule is Cn1nc([C@@H]2C[C@@H]3CC(=O)[C@@H](c4ccccc4)[C@@H]3C2)c(C(=O)Nc2ccc(F)c(Cl)c2)c1N. The number of carbonyl (C=O) groups excluding carboxylic acids is 2. The summed E-state index contributed by atoms with van der Waals surface area (Å²) in [6, 6.07) is 13.9. The lowest BCUT2D eigenvalue weighted by atomic mass is 9.85. The van der Waals surface area contributed by atoms with Crippen LogP contribution in [0.3, 0.4) is 0 Å². The molecule has 1 aromatic heterocycles. The molecule has 1 heterocycles. The summed E-state index contributed by atoms with van der Waals surface area (Å²) in [5, 5.41) is 7.27. The summed E-state index contributed by atoms with van der Waals surface area (Å²) in [6.07, 6.45) is 2.12. The third kappa shape index (κ3) is 3.80. The molecule has 2 fully saturated rings. The normalized spacial score (nSPS) is 24.2. The fourth-order valence-corrected chi connectivity index (χ4v) is 5.77. The highest BCUT2D eigenvalue weighted by molar-refractivity contribution is 6.31. The first-order valence-corrected chi connectivity index (χ1v) is 11.4. The highest BCUT2D eigenvalue weighted by Crippen LogP contribution is 2.55. The van der Waals surface area contributed by atoms with Crippen molar-refractivity contribution in [3.05, 3.63) is 76.2 Å². The zero-order chi connectivity index (χ0) is 23.3. The molecule has 8 heteroatoms. The fraction of sp³-hybridized carbons (Fsp3) is 0.320. The van der Waals surface area contributed by atoms with Gasteiger partial charge in [0.15, 0.2) is 0 Å². The van der Waals surface area contributed by atoms with Crippen molar-refractivity contribution in [3.8, 4) is 0 Å². The van der Waals surface area contributed by atoms with Gasteiger partial charge in [-0.2, -0.15) is 5.10 Å². The standard InChI is InChI=1S/C25H24ClFN4O2/c1-31-24(28)22(25(33)29-16-7-8-19(27)18(26)12-16)23(30-31)15-9-14-11-20(32)21(17(14)10-15)13-5-3-2-4-6-13/h2-8,12,14-15,17,21H,9-11,28H2,1H3,(H,29,33)/t14-,15-,17-,21+/m1/s1. The van der Waals surface area contributed by atoms with Crippen molar-refractivity contribution < 1.29 is 14.0 Å². The average Bonchev–Trinajstić information content (AvgIpc) is 3.41. The number of aryl methyl sites for hydroxylation is 1. The molecule has 3 aromatic rings. The zero-order valence-electron chi connectivity index (χ0n) is 18.1. The summed E-state index contributed by atoms with van der Waals surface area (Å²) in [5.74, 6) is -0.00367. The molecule has 2 aliphatic carbocycles. The Hall–Kier alpha value is -3.19. The number of fused-ring (bicyclic) bond motifs is 1. The smallest absolute Gasteiger partial charge is 0.261 e. The maximum absolute atomic E-state index is 13.5. The average molecular weight is 467 g/mol. The van der Waals surface area contributed by atoms with Gasteiger partial charge in [-0.05, 0) is 48.4 Å². The van der Waals surface area contributed by atoms with Crippen LogP contribution in [-0.4, -0.2) is 21.5 Å². The molecule has 0 saturated heterocycles. The molecular weight excluding hydrogens is 443 g/mol. The second kappa shape index (κ2) is 8.30. The van der Waals surface area contributed by atoms with Crippen LogP contribution in [0.4, 0.5) is 15.9 Å². The van der Waals surface area contributed by atoms with Gasteiger partial charge in [-0.15, -0.1) is 0 Å². The van der Waals surface area contributed by atoms with E-state index in [0.717, 1.165) is 18.4 Å². The largest absolute Gasteiger partial charge is 0.383 e. The van der Waals surface area contributed by atoms with Crippen LogP contribution in [0.1, 0.15) is 52.7 Å². The van der Waals surface area contributed by atoms with Gasteiger partial charge in [0.05, 0.1) is 10.7 Å². The first-order chi connectivity index (χ1) is 15.8. The number of Topliss-reactive ketones (excluding diaryl/α,β-unsaturated/α-hetero) is 1. The molecular formula is C25H24ClFN4O2. The van der Waals surface area contributed by atoms with E-state index >= 15 is 0 Å². The van der Waals surface area contributed by atoms with Crippen molar-refractivity contribution in [1.82, 2.24) is 9.78 Å². The third-order valence-electron chi connectivity index (χ3n) is 7.06. The van der Waals surface area contributed by atoms with Crippen LogP contribution in [0.5, 0.6) is 0 Å². The number of hydrogen-bond acceptors (Lipinski definition) is 4. The Morgan fingerprint density at radius 2 is 1.97 bits per heavy atom. The molecule has 2 aromatic carbocycles. The molecule has 1 amide bonds. The van der Waals surface area contributed by atoms with E-state index < -0.39 is 11.7 Å². The molecule has 33 heavy (non-hydrogen) atoms. The quantitative estimate of drug-likeness (QED) is 0.571. The molecule has 5 rings (SSSR count). The minimum atomic E-state index is -0.559. The first kappa shape index (κ1) is 21.6. The second-order valence-corrected chi connectivity index (χ2v) is 9.41. The van der Waals surface area contributed by atoms with Crippen molar-refractivity contribution in [2.45, 2.75) is 31.1 Å². The predicted octanol–water partition coefficient (Wildman–Crippen LogP) is 4.91. The van der Waals surface area contributed by atoms with Gasteiger partial charge in [0, 0.05) is 31.0 Å². The minimum Gasteiger partial charge on any atom is -0.383 e. The third-order valence-corrected chi connectivity index (χ3v) is 7.35. The summed E-state index contributed by atoms with van der Waals surface area (Å²) in [5.41, 5.74) is 8.64. The number of benzene rings is 2. The van der Waals surface area contributed by atoms with Gasteiger partial charge in [-0.1, -0.05) is 41.9 Å². The van der Waals surface area contributed by atoms with Crippen molar-refractivity contribution in [2.24, 2.45) is 18.9 Å². The maximum atomic E-state index is 13.5. The number of anilines is 2. The number of ketones is 1. The highest BCUT2D eigenvalue weighted by Gasteiger charge is 2.49. The topological polar surface area (TPSA) is 90.0 Å². The van der Waals surface area contributed by atoms with E-state index in [9.17, 15) is 14.0 Å². The number of nitrogens with one attached hydrogen (secondary N) is 1. The van der Waals surface area contributed by atoms with Crippen LogP contribution in [0.2, 0.25) is 5.02 Å². The van der Waals surface area contributed by atoms with Crippen molar-refractivity contribution in [2.75, 3.05) is 11.1 Å². The number of amides is 1. The van der Waals surface area contributed by atoms with Gasteiger partial charge >= 0.3 is 0 Å². The van der Waals surface area contributed by atoms with E-state index in [-0.39, 0.29) is 34.5 Å². The summed E-state index contributed by atoms with van der Waals surface area (Å²) < 4.78 is 15.0. The Bertz CT molecular complexity index is 1240. The molecule has 170 valence electrons. The second-order valence-electron chi connectivity index (χ2n) is 9.00. The summed E-state index contributed by atoms with van der Waals surface area (Å²) >= 11 is 5.85. The Kier molecular flexibility index (Phi) is 5.44. The lowest BCUT2D eigenvalue weighted by Crippen LogP contribution is -2.17. The van der Waals surface area contributed by atoms with Gasteiger partial charge in [0.25, 0.3) is 5.91 Å². The maximum Gasteiger partial charge on any atom is 0.261 e. The molecule has 6 nitrogen and oxygen atoms in total. The molecule has 2 aliphatic rings. The monoisotopic (exact) mass is 466 g/mol. The number of nitrogen functional groups attached to an aromatic ring is 1. The van der Waals surface area contributed by atoms with Crippen LogP contribution in [0.15, 0.2) is 48.5 Å². The summed E-state index contributed by atoms with van der Waals surface area (Å²) in [7, 11) is 1.70. The molecule has 0 spiro atoms. The summed E-state index contributed by atoms with van der Waals surface area (Å²) in [4.78, 5) is 25.9. The predicted molar refractivity (Wildman–Crippen MR) is 125 cm³/mol. The molecule has 4 atom stereocenters. The highest BCUT2D eigenvalue weighted by atomic mass is 35.5. The van der Waals surface area contributed by atoms with Gasteiger partial charge < -0.3 is 11.1 Å². The number of carbonyl (C=O) groups is 2. The van der Waals surface area contributed by atoms with E-state index in [1.54, 1.807) is 7.05 Å². The molecule has 0 radical (unpaired) electrons. The number of hydrogen-bond donors (Lipinski definition) is 2. The van der Waals surface area contributed by atoms with Crippen LogP contribution in [-0.2, 0) is 11.8 Å². The van der Waals surface area contributed by atoms with E-state index in [1.165, 1.54) is 22.9 Å². The molecule has 3 N–H and O–H groups in total. The van der Waals surface area contributed by atoms with E-state index in [4.69, 9.17) is 17.3 Å². The van der Waals surface area contributed by atoms with Crippen molar-refractivity contribution in [3.63, 3.8) is 0 Å². The Morgan fingerprint density at radius 3 is 2.70 bits per heavy atom. The zero-order valence-corrected chi connectivity index (χ0v) is 18.8. The van der Waals surface area contributed by atoms with E-state index in [0.29, 0.717) is 29.1 Å². The van der Waals surface area contributed by atoms with Gasteiger partial charge in [-0.3, -0.25) is 14.3 Å². The Balaban J connectivity index is 1.42. The van der Waals surface area contributed by atoms with Crippen molar-refractivity contribution >= 4 is 34.8 Å². The Morgan fingerprint density at radius 1 is 1.21 bits per heavy atom. The summed E-state index contributed by atoms with van der Waals surface area (Å²) in [6.45, 7) is 0. The Labute approximate surface area is 195 Å². The van der Waals surface area contributed by atoms with Crippen LogP contribution < -0.4 is 11.1 Å². The first-order valence-electron chi connectivity index (χ1n) is 11.0. The molecule has 0 bridgehead atoms. The van der Waals surface area contributed by atoms with Gasteiger partial charge in [0.2, 0.25) is 0 Å². The van der Waals surface area contributed by atoms with Gasteiger partial charge in [0.1, 0.15) is 23.0 Å². The fourth-order valence-electron chi connectivity index (χ4n) is 5.59. The van der Waals surface area contributed by atoms with Crippen LogP contribution in [0, 0.1) is 17.7 Å². The molecule has 0 unspecified atom stereocenters. The number of nitrogens with zero attached hydrogens (tertiary/aromatic N) is 2. The van der Waals surface area contributed by atoms with Crippen molar-refractivity contribution in [1.29, 1.82) is 0 Å². The van der Waals surface area contributed by atoms with Gasteiger partial charge in [-0.25, -0.2) is 4.39 Å². The number of aromatic nitrogens is 2. The van der Waals surface area contributed by atoms with E-state index in [2.05, 4.69) is 10.4 Å². The number of rotatable bonds is 4.